The summed E-state index contributed by atoms with van der Waals surface area (Å²) >= 11 is 1.27. The van der Waals surface area contributed by atoms with Gasteiger partial charge in [-0.3, -0.25) is 9.78 Å². The Morgan fingerprint density at radius 2 is 2.13 bits per heavy atom. The average Bonchev–Trinajstić information content (AvgIpc) is 3.13. The van der Waals surface area contributed by atoms with Crippen molar-refractivity contribution in [3.8, 4) is 0 Å². The van der Waals surface area contributed by atoms with Crippen LogP contribution in [0.4, 0.5) is 5.69 Å². The molecule has 0 fully saturated rings. The number of aromatic nitrogens is 3. The van der Waals surface area contributed by atoms with Crippen LogP contribution in [0.15, 0.2) is 54.2 Å². The van der Waals surface area contributed by atoms with E-state index in [1.807, 2.05) is 41.8 Å². The average molecular weight is 323 g/mol. The van der Waals surface area contributed by atoms with E-state index < -0.39 is 0 Å². The molecule has 7 heteroatoms. The van der Waals surface area contributed by atoms with Gasteiger partial charge < -0.3 is 10.2 Å². The summed E-state index contributed by atoms with van der Waals surface area (Å²) in [5.74, 6) is -0.0267. The van der Waals surface area contributed by atoms with Crippen LogP contribution in [0.1, 0.15) is 27.8 Å². The maximum absolute atomic E-state index is 12.9. The minimum Gasteiger partial charge on any atom is -0.359 e. The smallest absolute Gasteiger partial charge is 0.258 e. The number of carbonyl (C=O) groups excluding carboxylic acids is 1. The van der Waals surface area contributed by atoms with Crippen molar-refractivity contribution in [3.05, 3.63) is 71.0 Å². The summed E-state index contributed by atoms with van der Waals surface area (Å²) in [5.41, 5.74) is 3.19. The van der Waals surface area contributed by atoms with Crippen LogP contribution >= 0.6 is 11.5 Å². The highest BCUT2D eigenvalue weighted by molar-refractivity contribution is 7.03. The molecule has 6 nitrogen and oxygen atoms in total. The maximum atomic E-state index is 12.9. The topological polar surface area (TPSA) is 71.0 Å². The van der Waals surface area contributed by atoms with Gasteiger partial charge in [-0.1, -0.05) is 22.7 Å². The van der Waals surface area contributed by atoms with E-state index in [-0.39, 0.29) is 12.1 Å². The highest BCUT2D eigenvalue weighted by atomic mass is 32.1. The fraction of sp³-hybridized carbons (Fsp3) is 0.125. The first-order valence-electron chi connectivity index (χ1n) is 7.15. The van der Waals surface area contributed by atoms with E-state index in [1.54, 1.807) is 17.3 Å². The molecule has 0 spiro atoms. The number of fused-ring (bicyclic) bond motifs is 1. The Bertz CT molecular complexity index is 822. The Hall–Kier alpha value is -2.80. The van der Waals surface area contributed by atoms with E-state index in [1.165, 1.54) is 11.5 Å². The van der Waals surface area contributed by atoms with Crippen molar-refractivity contribution in [2.24, 2.45) is 0 Å². The summed E-state index contributed by atoms with van der Waals surface area (Å²) in [6.45, 7) is 0.455. The Labute approximate surface area is 137 Å². The predicted molar refractivity (Wildman–Crippen MR) is 86.8 cm³/mol. The van der Waals surface area contributed by atoms with Gasteiger partial charge in [0.25, 0.3) is 5.91 Å². The van der Waals surface area contributed by atoms with Gasteiger partial charge in [0.15, 0.2) is 0 Å². The van der Waals surface area contributed by atoms with Crippen molar-refractivity contribution < 1.29 is 4.79 Å². The molecule has 1 aromatic carbocycles. The van der Waals surface area contributed by atoms with Crippen LogP contribution in [0.5, 0.6) is 0 Å². The molecule has 0 bridgehead atoms. The van der Waals surface area contributed by atoms with Gasteiger partial charge in [0.05, 0.1) is 5.56 Å². The van der Waals surface area contributed by atoms with Crippen LogP contribution in [0.25, 0.3) is 0 Å². The Morgan fingerprint density at radius 3 is 2.91 bits per heavy atom. The number of pyridine rings is 1. The lowest BCUT2D eigenvalue weighted by molar-refractivity contribution is 0.0662. The molecule has 3 aromatic rings. The molecule has 0 saturated carbocycles. The zero-order valence-corrected chi connectivity index (χ0v) is 12.9. The van der Waals surface area contributed by atoms with Crippen LogP contribution in [0.3, 0.4) is 0 Å². The molecule has 1 N–H and O–H groups in total. The van der Waals surface area contributed by atoms with Crippen molar-refractivity contribution in [1.82, 2.24) is 19.5 Å². The van der Waals surface area contributed by atoms with Gasteiger partial charge in [-0.25, -0.2) is 0 Å². The predicted octanol–water partition coefficient (Wildman–Crippen LogP) is 2.70. The molecule has 1 amide bonds. The number of hydrogen-bond acceptors (Lipinski definition) is 6. The first-order valence-corrected chi connectivity index (χ1v) is 7.99. The molecule has 0 aliphatic carbocycles. The SMILES string of the molecule is O=C1c2ccccc2NC(c2csnn2)N1Cc1cccnc1. The number of nitrogens with one attached hydrogen (secondary N) is 1. The lowest BCUT2D eigenvalue weighted by atomic mass is 10.1. The van der Waals surface area contributed by atoms with Crippen molar-refractivity contribution in [2.75, 3.05) is 5.32 Å². The van der Waals surface area contributed by atoms with Gasteiger partial charge in [-0.15, -0.1) is 5.10 Å². The summed E-state index contributed by atoms with van der Waals surface area (Å²) in [7, 11) is 0. The van der Waals surface area contributed by atoms with Gasteiger partial charge in [0.1, 0.15) is 11.9 Å². The number of benzene rings is 1. The normalized spacial score (nSPS) is 16.8. The minimum atomic E-state index is -0.337. The first-order chi connectivity index (χ1) is 11.3. The second-order valence-corrected chi connectivity index (χ2v) is 5.83. The minimum absolute atomic E-state index is 0.0267. The highest BCUT2D eigenvalue weighted by Gasteiger charge is 2.34. The third kappa shape index (κ3) is 2.55. The molecule has 1 aliphatic heterocycles. The van der Waals surface area contributed by atoms with Crippen molar-refractivity contribution in [3.63, 3.8) is 0 Å². The number of nitrogens with zero attached hydrogens (tertiary/aromatic N) is 4. The molecule has 3 heterocycles. The van der Waals surface area contributed by atoms with Crippen LogP contribution < -0.4 is 5.32 Å². The number of amides is 1. The van der Waals surface area contributed by atoms with Gasteiger partial charge in [0.2, 0.25) is 0 Å². The summed E-state index contributed by atoms with van der Waals surface area (Å²) in [6.07, 6.45) is 3.15. The lowest BCUT2D eigenvalue weighted by Gasteiger charge is -2.36. The lowest BCUT2D eigenvalue weighted by Crippen LogP contribution is -2.42. The van der Waals surface area contributed by atoms with Gasteiger partial charge in [-0.2, -0.15) is 0 Å². The molecule has 1 unspecified atom stereocenters. The third-order valence-electron chi connectivity index (χ3n) is 3.75. The molecular weight excluding hydrogens is 310 g/mol. The molecular formula is C16H13N5OS. The van der Waals surface area contributed by atoms with Crippen LogP contribution in [-0.4, -0.2) is 25.4 Å². The fourth-order valence-electron chi connectivity index (χ4n) is 2.67. The number of anilines is 1. The first kappa shape index (κ1) is 13.8. The maximum Gasteiger partial charge on any atom is 0.258 e. The van der Waals surface area contributed by atoms with E-state index in [4.69, 9.17) is 0 Å². The Kier molecular flexibility index (Phi) is 3.47. The molecule has 114 valence electrons. The zero-order chi connectivity index (χ0) is 15.6. The Morgan fingerprint density at radius 1 is 1.22 bits per heavy atom. The molecule has 4 rings (SSSR count). The monoisotopic (exact) mass is 323 g/mol. The molecule has 0 radical (unpaired) electrons. The molecule has 2 aromatic heterocycles. The second-order valence-electron chi connectivity index (χ2n) is 5.22. The number of carbonyl (C=O) groups is 1. The summed E-state index contributed by atoms with van der Waals surface area (Å²) in [4.78, 5) is 18.8. The molecule has 1 aliphatic rings. The van der Waals surface area contributed by atoms with E-state index in [2.05, 4.69) is 19.9 Å². The van der Waals surface area contributed by atoms with Crippen LogP contribution in [0, 0.1) is 0 Å². The van der Waals surface area contributed by atoms with Crippen LogP contribution in [-0.2, 0) is 6.54 Å². The standard InChI is InChI=1S/C16H13N5OS/c22-16-12-5-1-2-6-13(12)18-15(14-10-23-20-19-14)21(16)9-11-4-3-7-17-8-11/h1-8,10,15,18H,9H2. The number of hydrogen-bond donors (Lipinski definition) is 1. The number of para-hydroxylation sites is 1. The molecule has 23 heavy (non-hydrogen) atoms. The zero-order valence-electron chi connectivity index (χ0n) is 12.1. The quantitative estimate of drug-likeness (QED) is 0.802. The Balaban J connectivity index is 1.75. The van der Waals surface area contributed by atoms with E-state index in [0.29, 0.717) is 12.1 Å². The summed E-state index contributed by atoms with van der Waals surface area (Å²) < 4.78 is 3.92. The van der Waals surface area contributed by atoms with Crippen molar-refractivity contribution >= 4 is 23.1 Å². The van der Waals surface area contributed by atoms with E-state index >= 15 is 0 Å². The van der Waals surface area contributed by atoms with Gasteiger partial charge >= 0.3 is 0 Å². The van der Waals surface area contributed by atoms with Crippen molar-refractivity contribution in [2.45, 2.75) is 12.7 Å². The largest absolute Gasteiger partial charge is 0.359 e. The fourth-order valence-corrected chi connectivity index (χ4v) is 3.14. The van der Waals surface area contributed by atoms with E-state index in [0.717, 1.165) is 16.9 Å². The third-order valence-corrected chi connectivity index (χ3v) is 4.28. The van der Waals surface area contributed by atoms with Gasteiger partial charge in [0, 0.05) is 30.0 Å². The second kappa shape index (κ2) is 5.77. The van der Waals surface area contributed by atoms with Gasteiger partial charge in [-0.05, 0) is 35.3 Å². The van der Waals surface area contributed by atoms with Crippen LogP contribution in [0.2, 0.25) is 0 Å². The van der Waals surface area contributed by atoms with Crippen molar-refractivity contribution in [1.29, 1.82) is 0 Å². The van der Waals surface area contributed by atoms with E-state index in [9.17, 15) is 4.79 Å². The highest BCUT2D eigenvalue weighted by Crippen LogP contribution is 2.33. The summed E-state index contributed by atoms with van der Waals surface area (Å²) in [5, 5.41) is 9.38. The molecule has 0 saturated heterocycles. The molecule has 1 atom stereocenters. The summed E-state index contributed by atoms with van der Waals surface area (Å²) in [6, 6.07) is 11.3. The number of rotatable bonds is 3.